The maximum Gasteiger partial charge on any atom is 0.0381 e. The molecule has 1 aromatic heterocycles. The lowest BCUT2D eigenvalue weighted by Gasteiger charge is -2.21. The minimum atomic E-state index is 0.158. The molecular formula is C15H21NS. The van der Waals surface area contributed by atoms with Crippen LogP contribution in [0.5, 0.6) is 0 Å². The van der Waals surface area contributed by atoms with Crippen LogP contribution in [0.1, 0.15) is 42.3 Å². The lowest BCUT2D eigenvalue weighted by Crippen LogP contribution is -2.14. The highest BCUT2D eigenvalue weighted by Crippen LogP contribution is 2.41. The Morgan fingerprint density at radius 2 is 1.71 bits per heavy atom. The highest BCUT2D eigenvalue weighted by molar-refractivity contribution is 7.19. The van der Waals surface area contributed by atoms with Crippen LogP contribution in [0.4, 0.5) is 0 Å². The van der Waals surface area contributed by atoms with Crippen LogP contribution >= 0.6 is 11.3 Å². The predicted octanol–water partition coefficient (Wildman–Crippen LogP) is 4.27. The standard InChI is InChI=1S/C15H21NS/c1-9-6-7-10(2)14-12(9)13(15(3,4)5)11(8-16)17-14/h6-7H,8,16H2,1-5H3. The van der Waals surface area contributed by atoms with Crippen molar-refractivity contribution in [2.75, 3.05) is 0 Å². The van der Waals surface area contributed by atoms with Crippen molar-refractivity contribution in [1.29, 1.82) is 0 Å². The molecule has 2 heteroatoms. The molecule has 1 nitrogen and oxygen atoms in total. The van der Waals surface area contributed by atoms with Gasteiger partial charge in [-0.25, -0.2) is 0 Å². The summed E-state index contributed by atoms with van der Waals surface area (Å²) < 4.78 is 1.41. The molecule has 2 rings (SSSR count). The Labute approximate surface area is 108 Å². The van der Waals surface area contributed by atoms with Gasteiger partial charge in [-0.3, -0.25) is 0 Å². The summed E-state index contributed by atoms with van der Waals surface area (Å²) in [5.74, 6) is 0. The normalized spacial score (nSPS) is 12.4. The topological polar surface area (TPSA) is 26.0 Å². The van der Waals surface area contributed by atoms with Gasteiger partial charge in [0.1, 0.15) is 0 Å². The van der Waals surface area contributed by atoms with E-state index in [1.807, 2.05) is 11.3 Å². The number of rotatable bonds is 1. The third-order valence-electron chi connectivity index (χ3n) is 3.25. The molecule has 2 N–H and O–H groups in total. The van der Waals surface area contributed by atoms with Crippen molar-refractivity contribution in [2.24, 2.45) is 5.73 Å². The van der Waals surface area contributed by atoms with Crippen molar-refractivity contribution in [1.82, 2.24) is 0 Å². The molecule has 17 heavy (non-hydrogen) atoms. The first kappa shape index (κ1) is 12.6. The van der Waals surface area contributed by atoms with E-state index < -0.39 is 0 Å². The number of hydrogen-bond acceptors (Lipinski definition) is 2. The molecule has 0 saturated heterocycles. The zero-order chi connectivity index (χ0) is 12.8. The number of benzene rings is 1. The lowest BCUT2D eigenvalue weighted by molar-refractivity contribution is 0.591. The minimum absolute atomic E-state index is 0.158. The van der Waals surface area contributed by atoms with Gasteiger partial charge in [0.2, 0.25) is 0 Å². The maximum atomic E-state index is 5.92. The van der Waals surface area contributed by atoms with Gasteiger partial charge >= 0.3 is 0 Å². The van der Waals surface area contributed by atoms with Crippen LogP contribution in [-0.4, -0.2) is 0 Å². The van der Waals surface area contributed by atoms with Gasteiger partial charge in [0, 0.05) is 16.1 Å². The van der Waals surface area contributed by atoms with E-state index in [1.165, 1.54) is 31.7 Å². The summed E-state index contributed by atoms with van der Waals surface area (Å²) in [5.41, 5.74) is 10.3. The summed E-state index contributed by atoms with van der Waals surface area (Å²) >= 11 is 1.87. The highest BCUT2D eigenvalue weighted by Gasteiger charge is 2.24. The first-order valence-corrected chi connectivity index (χ1v) is 6.90. The Hall–Kier alpha value is -0.860. The van der Waals surface area contributed by atoms with E-state index in [2.05, 4.69) is 46.8 Å². The summed E-state index contributed by atoms with van der Waals surface area (Å²) in [5, 5.41) is 1.43. The van der Waals surface area contributed by atoms with Crippen LogP contribution in [0.2, 0.25) is 0 Å². The molecule has 0 atom stereocenters. The van der Waals surface area contributed by atoms with Crippen molar-refractivity contribution in [2.45, 2.75) is 46.6 Å². The van der Waals surface area contributed by atoms with Crippen LogP contribution in [0.15, 0.2) is 12.1 Å². The van der Waals surface area contributed by atoms with Crippen molar-refractivity contribution in [3.63, 3.8) is 0 Å². The van der Waals surface area contributed by atoms with E-state index in [1.54, 1.807) is 0 Å². The molecule has 1 heterocycles. The quantitative estimate of drug-likeness (QED) is 0.800. The van der Waals surface area contributed by atoms with Gasteiger partial charge in [-0.1, -0.05) is 32.9 Å². The minimum Gasteiger partial charge on any atom is -0.326 e. The molecule has 0 saturated carbocycles. The fourth-order valence-corrected chi connectivity index (χ4v) is 3.91. The maximum absolute atomic E-state index is 5.92. The molecule has 92 valence electrons. The summed E-state index contributed by atoms with van der Waals surface area (Å²) in [6.07, 6.45) is 0. The van der Waals surface area contributed by atoms with Crippen LogP contribution in [0.3, 0.4) is 0 Å². The Morgan fingerprint density at radius 1 is 1.12 bits per heavy atom. The number of aryl methyl sites for hydroxylation is 2. The van der Waals surface area contributed by atoms with Crippen LogP contribution < -0.4 is 5.73 Å². The molecule has 0 unspecified atom stereocenters. The third kappa shape index (κ3) is 2.00. The molecule has 1 aromatic carbocycles. The Balaban J connectivity index is 2.93. The monoisotopic (exact) mass is 247 g/mol. The van der Waals surface area contributed by atoms with E-state index in [-0.39, 0.29) is 5.41 Å². The van der Waals surface area contributed by atoms with Gasteiger partial charge < -0.3 is 5.73 Å². The molecule has 0 aliphatic rings. The van der Waals surface area contributed by atoms with Gasteiger partial charge in [0.05, 0.1) is 0 Å². The Morgan fingerprint density at radius 3 is 2.24 bits per heavy atom. The molecule has 2 aromatic rings. The average Bonchev–Trinajstić information content (AvgIpc) is 2.63. The summed E-state index contributed by atoms with van der Waals surface area (Å²) in [6, 6.07) is 4.43. The summed E-state index contributed by atoms with van der Waals surface area (Å²) in [6.45, 7) is 11.8. The van der Waals surface area contributed by atoms with Crippen molar-refractivity contribution < 1.29 is 0 Å². The van der Waals surface area contributed by atoms with E-state index in [0.29, 0.717) is 6.54 Å². The fourth-order valence-electron chi connectivity index (χ4n) is 2.48. The second kappa shape index (κ2) is 4.11. The fraction of sp³-hybridized carbons (Fsp3) is 0.467. The molecule has 0 aliphatic heterocycles. The highest BCUT2D eigenvalue weighted by atomic mass is 32.1. The van der Waals surface area contributed by atoms with Crippen LogP contribution in [-0.2, 0) is 12.0 Å². The van der Waals surface area contributed by atoms with E-state index >= 15 is 0 Å². The predicted molar refractivity (Wildman–Crippen MR) is 77.9 cm³/mol. The van der Waals surface area contributed by atoms with E-state index in [9.17, 15) is 0 Å². The first-order chi connectivity index (χ1) is 7.86. The van der Waals surface area contributed by atoms with Crippen molar-refractivity contribution in [3.05, 3.63) is 33.7 Å². The second-order valence-corrected chi connectivity index (χ2v) is 6.86. The molecule has 0 fully saturated rings. The molecule has 0 amide bonds. The molecule has 0 aliphatic carbocycles. The molecular weight excluding hydrogens is 226 g/mol. The van der Waals surface area contributed by atoms with Crippen molar-refractivity contribution in [3.8, 4) is 0 Å². The zero-order valence-electron chi connectivity index (χ0n) is 11.3. The number of nitrogens with two attached hydrogens (primary N) is 1. The number of fused-ring (bicyclic) bond motifs is 1. The van der Waals surface area contributed by atoms with Gasteiger partial charge in [-0.05, 0) is 41.3 Å². The molecule has 0 radical (unpaired) electrons. The zero-order valence-corrected chi connectivity index (χ0v) is 12.2. The van der Waals surface area contributed by atoms with Gasteiger partial charge in [0.25, 0.3) is 0 Å². The van der Waals surface area contributed by atoms with Gasteiger partial charge in [-0.15, -0.1) is 11.3 Å². The molecule has 0 bridgehead atoms. The number of hydrogen-bond donors (Lipinski definition) is 1. The SMILES string of the molecule is Cc1ccc(C)c2c(C(C)(C)C)c(CN)sc12. The van der Waals surface area contributed by atoms with Crippen LogP contribution in [0, 0.1) is 13.8 Å². The van der Waals surface area contributed by atoms with Gasteiger partial charge in [-0.2, -0.15) is 0 Å². The Kier molecular flexibility index (Phi) is 3.04. The smallest absolute Gasteiger partial charge is 0.0381 e. The average molecular weight is 247 g/mol. The van der Waals surface area contributed by atoms with Crippen LogP contribution in [0.25, 0.3) is 10.1 Å². The third-order valence-corrected chi connectivity index (χ3v) is 4.60. The van der Waals surface area contributed by atoms with Crippen molar-refractivity contribution >= 4 is 21.4 Å². The van der Waals surface area contributed by atoms with E-state index in [0.717, 1.165) is 0 Å². The Bertz CT molecular complexity index is 558. The van der Waals surface area contributed by atoms with E-state index in [4.69, 9.17) is 5.73 Å². The molecule has 0 spiro atoms. The second-order valence-electron chi connectivity index (χ2n) is 5.76. The first-order valence-electron chi connectivity index (χ1n) is 6.08. The lowest BCUT2D eigenvalue weighted by atomic mass is 9.83. The largest absolute Gasteiger partial charge is 0.326 e. The number of thiophene rings is 1. The summed E-state index contributed by atoms with van der Waals surface area (Å²) in [7, 11) is 0. The van der Waals surface area contributed by atoms with Gasteiger partial charge in [0.15, 0.2) is 0 Å². The summed E-state index contributed by atoms with van der Waals surface area (Å²) in [4.78, 5) is 1.34.